The van der Waals surface area contributed by atoms with Crippen LogP contribution in [0.3, 0.4) is 0 Å². The molecule has 1 amide bonds. The predicted molar refractivity (Wildman–Crippen MR) is 48.1 cm³/mol. The first-order valence-electron chi connectivity index (χ1n) is 3.89. The summed E-state index contributed by atoms with van der Waals surface area (Å²) >= 11 is 0. The molecule has 0 aliphatic rings. The van der Waals surface area contributed by atoms with Crippen LogP contribution in [0, 0.1) is 20.8 Å². The molecule has 1 aromatic heterocycles. The maximum atomic E-state index is 11.0. The lowest BCUT2D eigenvalue weighted by atomic mass is 10.1. The van der Waals surface area contributed by atoms with Crippen molar-refractivity contribution in [3.05, 3.63) is 22.5 Å². The van der Waals surface area contributed by atoms with Gasteiger partial charge in [0.05, 0.1) is 5.56 Å². The Morgan fingerprint density at radius 1 is 1.25 bits per heavy atom. The van der Waals surface area contributed by atoms with Crippen molar-refractivity contribution in [2.45, 2.75) is 20.8 Å². The number of nitrogens with zero attached hydrogens (tertiary/aromatic N) is 1. The summed E-state index contributed by atoms with van der Waals surface area (Å²) < 4.78 is 1.98. The normalized spacial score (nSPS) is 10.3. The molecule has 66 valence electrons. The maximum absolute atomic E-state index is 11.0. The van der Waals surface area contributed by atoms with Crippen molar-refractivity contribution in [2.24, 2.45) is 12.8 Å². The molecule has 2 N–H and O–H groups in total. The summed E-state index contributed by atoms with van der Waals surface area (Å²) in [5, 5.41) is 0. The first-order chi connectivity index (χ1) is 5.46. The third kappa shape index (κ3) is 1.02. The quantitative estimate of drug-likeness (QED) is 0.666. The van der Waals surface area contributed by atoms with Gasteiger partial charge >= 0.3 is 0 Å². The second-order valence-electron chi connectivity index (χ2n) is 3.09. The van der Waals surface area contributed by atoms with E-state index in [1.807, 2.05) is 32.4 Å². The number of nitrogens with two attached hydrogens (primary N) is 1. The van der Waals surface area contributed by atoms with Crippen LogP contribution < -0.4 is 5.73 Å². The summed E-state index contributed by atoms with van der Waals surface area (Å²) in [7, 11) is 1.93. The highest BCUT2D eigenvalue weighted by atomic mass is 16.1. The number of rotatable bonds is 1. The third-order valence-corrected chi connectivity index (χ3v) is 2.53. The summed E-state index contributed by atoms with van der Waals surface area (Å²) in [6.07, 6.45) is 0. The van der Waals surface area contributed by atoms with Crippen LogP contribution in [-0.4, -0.2) is 10.5 Å². The molecule has 0 bridgehead atoms. The topological polar surface area (TPSA) is 48.0 Å². The zero-order valence-corrected chi connectivity index (χ0v) is 7.93. The lowest BCUT2D eigenvalue weighted by Crippen LogP contribution is -2.13. The first kappa shape index (κ1) is 8.84. The van der Waals surface area contributed by atoms with E-state index in [1.54, 1.807) is 0 Å². The number of hydrogen-bond acceptors (Lipinski definition) is 1. The van der Waals surface area contributed by atoms with E-state index >= 15 is 0 Å². The third-order valence-electron chi connectivity index (χ3n) is 2.53. The molecule has 0 aliphatic heterocycles. The van der Waals surface area contributed by atoms with Gasteiger partial charge in [0.1, 0.15) is 0 Å². The Kier molecular flexibility index (Phi) is 1.96. The van der Waals surface area contributed by atoms with Gasteiger partial charge in [-0.25, -0.2) is 0 Å². The molecule has 12 heavy (non-hydrogen) atoms. The number of carbonyl (C=O) groups is 1. The molecule has 0 atom stereocenters. The zero-order chi connectivity index (χ0) is 9.46. The van der Waals surface area contributed by atoms with Crippen LogP contribution in [0.5, 0.6) is 0 Å². The fraction of sp³-hybridized carbons (Fsp3) is 0.444. The second kappa shape index (κ2) is 2.66. The molecule has 0 unspecified atom stereocenters. The fourth-order valence-corrected chi connectivity index (χ4v) is 1.49. The molecule has 1 heterocycles. The van der Waals surface area contributed by atoms with Gasteiger partial charge in [0.15, 0.2) is 0 Å². The van der Waals surface area contributed by atoms with Gasteiger partial charge in [-0.1, -0.05) is 0 Å². The van der Waals surface area contributed by atoms with Crippen molar-refractivity contribution in [3.63, 3.8) is 0 Å². The minimum absolute atomic E-state index is 0.339. The van der Waals surface area contributed by atoms with Crippen LogP contribution in [-0.2, 0) is 7.05 Å². The molecule has 1 aromatic rings. The van der Waals surface area contributed by atoms with E-state index < -0.39 is 0 Å². The fourth-order valence-electron chi connectivity index (χ4n) is 1.49. The Morgan fingerprint density at radius 2 is 1.75 bits per heavy atom. The lowest BCUT2D eigenvalue weighted by molar-refractivity contribution is 0.0999. The first-order valence-corrected chi connectivity index (χ1v) is 3.89. The van der Waals surface area contributed by atoms with Crippen LogP contribution >= 0.6 is 0 Å². The molecule has 0 aromatic carbocycles. The Bertz CT molecular complexity index is 311. The number of primary amides is 1. The van der Waals surface area contributed by atoms with Crippen LogP contribution in [0.25, 0.3) is 0 Å². The second-order valence-corrected chi connectivity index (χ2v) is 3.09. The summed E-state index contributed by atoms with van der Waals surface area (Å²) in [4.78, 5) is 11.0. The van der Waals surface area contributed by atoms with E-state index in [0.717, 1.165) is 17.0 Å². The number of aromatic nitrogens is 1. The minimum Gasteiger partial charge on any atom is -0.366 e. The van der Waals surface area contributed by atoms with Crippen molar-refractivity contribution < 1.29 is 4.79 Å². The van der Waals surface area contributed by atoms with Crippen molar-refractivity contribution in [1.82, 2.24) is 4.57 Å². The number of hydrogen-bond donors (Lipinski definition) is 1. The molecular weight excluding hydrogens is 152 g/mol. The molecule has 0 saturated carbocycles. The minimum atomic E-state index is -0.339. The summed E-state index contributed by atoms with van der Waals surface area (Å²) in [6, 6.07) is 0. The van der Waals surface area contributed by atoms with Crippen molar-refractivity contribution >= 4 is 5.91 Å². The standard InChI is InChI=1S/C9H14N2O/c1-5-6(2)11(4)7(3)8(5)9(10)12/h1-4H3,(H2,10,12). The smallest absolute Gasteiger partial charge is 0.250 e. The zero-order valence-electron chi connectivity index (χ0n) is 7.93. The van der Waals surface area contributed by atoms with Crippen molar-refractivity contribution in [2.75, 3.05) is 0 Å². The van der Waals surface area contributed by atoms with E-state index in [4.69, 9.17) is 5.73 Å². The van der Waals surface area contributed by atoms with Gasteiger partial charge in [-0.05, 0) is 26.3 Å². The van der Waals surface area contributed by atoms with E-state index in [2.05, 4.69) is 0 Å². The average Bonchev–Trinajstić information content (AvgIpc) is 2.16. The molecule has 0 radical (unpaired) electrons. The van der Waals surface area contributed by atoms with Crippen molar-refractivity contribution in [3.8, 4) is 0 Å². The summed E-state index contributed by atoms with van der Waals surface area (Å²) in [5.74, 6) is -0.339. The highest BCUT2D eigenvalue weighted by Crippen LogP contribution is 2.18. The molecule has 1 rings (SSSR count). The van der Waals surface area contributed by atoms with E-state index in [-0.39, 0.29) is 5.91 Å². The highest BCUT2D eigenvalue weighted by molar-refractivity contribution is 5.96. The van der Waals surface area contributed by atoms with Crippen LogP contribution in [0.2, 0.25) is 0 Å². The van der Waals surface area contributed by atoms with Crippen molar-refractivity contribution in [1.29, 1.82) is 0 Å². The van der Waals surface area contributed by atoms with Gasteiger partial charge in [0, 0.05) is 18.4 Å². The predicted octanol–water partition coefficient (Wildman–Crippen LogP) is 1.05. The van der Waals surface area contributed by atoms with Gasteiger partial charge in [0.2, 0.25) is 0 Å². The molecular formula is C9H14N2O. The number of carbonyl (C=O) groups excluding carboxylic acids is 1. The van der Waals surface area contributed by atoms with Crippen LogP contribution in [0.4, 0.5) is 0 Å². The molecule has 0 spiro atoms. The Labute approximate surface area is 72.2 Å². The molecule has 0 fully saturated rings. The molecule has 0 aliphatic carbocycles. The SMILES string of the molecule is Cc1c(C(N)=O)c(C)n(C)c1C. The molecule has 3 heteroatoms. The average molecular weight is 166 g/mol. The van der Waals surface area contributed by atoms with Gasteiger partial charge in [0.25, 0.3) is 5.91 Å². The lowest BCUT2D eigenvalue weighted by Gasteiger charge is -1.98. The number of amides is 1. The Hall–Kier alpha value is -1.25. The van der Waals surface area contributed by atoms with Gasteiger partial charge in [-0.15, -0.1) is 0 Å². The summed E-state index contributed by atoms with van der Waals surface area (Å²) in [6.45, 7) is 5.80. The molecule has 3 nitrogen and oxygen atoms in total. The maximum Gasteiger partial charge on any atom is 0.250 e. The van der Waals surface area contributed by atoms with Crippen LogP contribution in [0.1, 0.15) is 27.3 Å². The highest BCUT2D eigenvalue weighted by Gasteiger charge is 2.15. The van der Waals surface area contributed by atoms with Gasteiger partial charge in [-0.3, -0.25) is 4.79 Å². The largest absolute Gasteiger partial charge is 0.366 e. The van der Waals surface area contributed by atoms with E-state index in [9.17, 15) is 4.79 Å². The van der Waals surface area contributed by atoms with Crippen LogP contribution in [0.15, 0.2) is 0 Å². The summed E-state index contributed by atoms with van der Waals surface area (Å²) in [5.41, 5.74) is 8.94. The Morgan fingerprint density at radius 3 is 1.92 bits per heavy atom. The Balaban J connectivity index is 3.48. The van der Waals surface area contributed by atoms with Gasteiger partial charge in [-0.2, -0.15) is 0 Å². The van der Waals surface area contributed by atoms with E-state index in [1.165, 1.54) is 0 Å². The monoisotopic (exact) mass is 166 g/mol. The van der Waals surface area contributed by atoms with Gasteiger partial charge < -0.3 is 10.3 Å². The van der Waals surface area contributed by atoms with E-state index in [0.29, 0.717) is 5.56 Å². The molecule has 0 saturated heterocycles.